The summed E-state index contributed by atoms with van der Waals surface area (Å²) in [5, 5.41) is 2.92. The standard InChI is InChI=1S/C9H10FNO2S/c10-6-7-2-1-3-8-9(7)11-4-5-14(8,12)13/h1-3,11H,4-6H2. The predicted octanol–water partition coefficient (Wildman–Crippen LogP) is 1.36. The zero-order valence-corrected chi connectivity index (χ0v) is 8.27. The lowest BCUT2D eigenvalue weighted by Crippen LogP contribution is -2.24. The molecule has 0 saturated heterocycles. The highest BCUT2D eigenvalue weighted by atomic mass is 32.2. The van der Waals surface area contributed by atoms with Crippen LogP contribution in [-0.4, -0.2) is 20.7 Å². The van der Waals surface area contributed by atoms with Gasteiger partial charge in [0.1, 0.15) is 6.67 Å². The molecule has 0 atom stereocenters. The molecule has 0 spiro atoms. The van der Waals surface area contributed by atoms with Gasteiger partial charge in [0, 0.05) is 12.1 Å². The van der Waals surface area contributed by atoms with Crippen molar-refractivity contribution in [3.05, 3.63) is 23.8 Å². The highest BCUT2D eigenvalue weighted by molar-refractivity contribution is 7.91. The Balaban J connectivity index is 2.67. The maximum absolute atomic E-state index is 12.5. The minimum atomic E-state index is -3.20. The predicted molar refractivity (Wildman–Crippen MR) is 51.8 cm³/mol. The largest absolute Gasteiger partial charge is 0.383 e. The van der Waals surface area contributed by atoms with Crippen molar-refractivity contribution in [2.75, 3.05) is 17.6 Å². The first kappa shape index (κ1) is 9.45. The smallest absolute Gasteiger partial charge is 0.182 e. The molecule has 0 aromatic heterocycles. The van der Waals surface area contributed by atoms with Gasteiger partial charge in [-0.05, 0) is 6.07 Å². The molecule has 0 fully saturated rings. The van der Waals surface area contributed by atoms with Crippen LogP contribution in [0, 0.1) is 0 Å². The SMILES string of the molecule is O=S1(=O)CCNc2c(CF)cccc21. The summed E-state index contributed by atoms with van der Waals surface area (Å²) in [6.07, 6.45) is 0. The van der Waals surface area contributed by atoms with E-state index in [2.05, 4.69) is 5.32 Å². The van der Waals surface area contributed by atoms with E-state index in [1.54, 1.807) is 12.1 Å². The van der Waals surface area contributed by atoms with Crippen LogP contribution in [0.2, 0.25) is 0 Å². The molecule has 1 aliphatic rings. The third-order valence-corrected chi connectivity index (χ3v) is 4.02. The van der Waals surface area contributed by atoms with Crippen molar-refractivity contribution in [2.45, 2.75) is 11.6 Å². The molecular weight excluding hydrogens is 205 g/mol. The van der Waals surface area contributed by atoms with Crippen molar-refractivity contribution >= 4 is 15.5 Å². The lowest BCUT2D eigenvalue weighted by molar-refractivity contribution is 0.485. The van der Waals surface area contributed by atoms with Gasteiger partial charge in [-0.2, -0.15) is 0 Å². The third-order valence-electron chi connectivity index (χ3n) is 2.26. The Kier molecular flexibility index (Phi) is 2.19. The molecule has 0 amide bonds. The van der Waals surface area contributed by atoms with Crippen LogP contribution >= 0.6 is 0 Å². The molecule has 76 valence electrons. The van der Waals surface area contributed by atoms with E-state index < -0.39 is 16.5 Å². The molecule has 0 saturated carbocycles. The molecule has 14 heavy (non-hydrogen) atoms. The molecule has 1 aromatic rings. The molecular formula is C9H10FNO2S. The first-order valence-electron chi connectivity index (χ1n) is 4.29. The van der Waals surface area contributed by atoms with E-state index in [0.29, 0.717) is 17.8 Å². The molecule has 0 bridgehead atoms. The molecule has 1 aliphatic heterocycles. The zero-order chi connectivity index (χ0) is 10.2. The first-order chi connectivity index (χ1) is 6.65. The molecule has 1 aromatic carbocycles. The van der Waals surface area contributed by atoms with E-state index in [-0.39, 0.29) is 10.6 Å². The lowest BCUT2D eigenvalue weighted by atomic mass is 10.2. The second kappa shape index (κ2) is 3.24. The number of benzene rings is 1. The molecule has 0 unspecified atom stereocenters. The summed E-state index contributed by atoms with van der Waals surface area (Å²) in [5.74, 6) is 0.0791. The topological polar surface area (TPSA) is 46.2 Å². The van der Waals surface area contributed by atoms with Crippen molar-refractivity contribution in [1.82, 2.24) is 0 Å². The molecule has 0 aliphatic carbocycles. The van der Waals surface area contributed by atoms with Gasteiger partial charge in [0.15, 0.2) is 9.84 Å². The summed E-state index contributed by atoms with van der Waals surface area (Å²) in [4.78, 5) is 0.221. The Morgan fingerprint density at radius 2 is 2.21 bits per heavy atom. The summed E-state index contributed by atoms with van der Waals surface area (Å²) in [6, 6.07) is 4.67. The number of rotatable bonds is 1. The fourth-order valence-corrected chi connectivity index (χ4v) is 2.96. The Morgan fingerprint density at radius 1 is 1.43 bits per heavy atom. The second-order valence-corrected chi connectivity index (χ2v) is 5.25. The van der Waals surface area contributed by atoms with Gasteiger partial charge in [-0.25, -0.2) is 12.8 Å². The number of hydrogen-bond donors (Lipinski definition) is 1. The quantitative estimate of drug-likeness (QED) is 0.769. The Hall–Kier alpha value is -1.10. The van der Waals surface area contributed by atoms with Crippen LogP contribution in [0.5, 0.6) is 0 Å². The second-order valence-electron chi connectivity index (χ2n) is 3.17. The van der Waals surface area contributed by atoms with Gasteiger partial charge in [-0.15, -0.1) is 0 Å². The van der Waals surface area contributed by atoms with E-state index >= 15 is 0 Å². The molecule has 2 rings (SSSR count). The summed E-state index contributed by atoms with van der Waals surface area (Å²) >= 11 is 0. The van der Waals surface area contributed by atoms with Crippen LogP contribution in [0.3, 0.4) is 0 Å². The number of sulfone groups is 1. The molecule has 1 heterocycles. The van der Waals surface area contributed by atoms with E-state index in [4.69, 9.17) is 0 Å². The van der Waals surface area contributed by atoms with Gasteiger partial charge in [0.2, 0.25) is 0 Å². The minimum Gasteiger partial charge on any atom is -0.383 e. The van der Waals surface area contributed by atoms with Crippen LogP contribution in [0.25, 0.3) is 0 Å². The van der Waals surface area contributed by atoms with Gasteiger partial charge in [-0.1, -0.05) is 12.1 Å². The van der Waals surface area contributed by atoms with Crippen molar-refractivity contribution in [1.29, 1.82) is 0 Å². The van der Waals surface area contributed by atoms with E-state index in [0.717, 1.165) is 0 Å². The maximum atomic E-state index is 12.5. The number of anilines is 1. The highest BCUT2D eigenvalue weighted by Crippen LogP contribution is 2.29. The summed E-state index contributed by atoms with van der Waals surface area (Å²) in [6.45, 7) is -0.294. The number of nitrogens with one attached hydrogen (secondary N) is 1. The maximum Gasteiger partial charge on any atom is 0.182 e. The fraction of sp³-hybridized carbons (Fsp3) is 0.333. The summed E-state index contributed by atoms with van der Waals surface area (Å²) < 4.78 is 35.7. The van der Waals surface area contributed by atoms with Gasteiger partial charge in [-0.3, -0.25) is 0 Å². The first-order valence-corrected chi connectivity index (χ1v) is 5.95. The van der Waals surface area contributed by atoms with Crippen LogP contribution < -0.4 is 5.32 Å². The number of fused-ring (bicyclic) bond motifs is 1. The van der Waals surface area contributed by atoms with Gasteiger partial charge in [0.25, 0.3) is 0 Å². The van der Waals surface area contributed by atoms with Crippen molar-refractivity contribution < 1.29 is 12.8 Å². The van der Waals surface area contributed by atoms with Gasteiger partial charge in [0.05, 0.1) is 16.3 Å². The lowest BCUT2D eigenvalue weighted by Gasteiger charge is -2.20. The van der Waals surface area contributed by atoms with Crippen molar-refractivity contribution in [2.24, 2.45) is 0 Å². The molecule has 5 heteroatoms. The van der Waals surface area contributed by atoms with Crippen LogP contribution in [0.15, 0.2) is 23.1 Å². The molecule has 1 N–H and O–H groups in total. The average molecular weight is 215 g/mol. The Morgan fingerprint density at radius 3 is 2.93 bits per heavy atom. The van der Waals surface area contributed by atoms with Gasteiger partial charge >= 0.3 is 0 Å². The monoisotopic (exact) mass is 215 g/mol. The van der Waals surface area contributed by atoms with E-state index in [1.165, 1.54) is 6.07 Å². The summed E-state index contributed by atoms with van der Waals surface area (Å²) in [5.41, 5.74) is 0.840. The number of alkyl halides is 1. The highest BCUT2D eigenvalue weighted by Gasteiger charge is 2.24. The van der Waals surface area contributed by atoms with Crippen LogP contribution in [0.1, 0.15) is 5.56 Å². The van der Waals surface area contributed by atoms with Crippen LogP contribution in [0.4, 0.5) is 10.1 Å². The zero-order valence-electron chi connectivity index (χ0n) is 7.46. The minimum absolute atomic E-state index is 0.0791. The summed E-state index contributed by atoms with van der Waals surface area (Å²) in [7, 11) is -3.20. The van der Waals surface area contributed by atoms with E-state index in [1.807, 2.05) is 0 Å². The van der Waals surface area contributed by atoms with Crippen molar-refractivity contribution in [3.8, 4) is 0 Å². The van der Waals surface area contributed by atoms with Crippen LogP contribution in [-0.2, 0) is 16.5 Å². The number of hydrogen-bond acceptors (Lipinski definition) is 3. The van der Waals surface area contributed by atoms with Gasteiger partial charge < -0.3 is 5.32 Å². The van der Waals surface area contributed by atoms with E-state index in [9.17, 15) is 12.8 Å². The Bertz CT molecular complexity index is 456. The molecule has 0 radical (unpaired) electrons. The Labute approximate surface area is 81.9 Å². The number of halogens is 1. The normalized spacial score (nSPS) is 18.4. The third kappa shape index (κ3) is 1.37. The fourth-order valence-electron chi connectivity index (χ4n) is 1.57. The number of para-hydroxylation sites is 1. The van der Waals surface area contributed by atoms with Crippen molar-refractivity contribution in [3.63, 3.8) is 0 Å². The average Bonchev–Trinajstić information content (AvgIpc) is 2.17. The molecule has 3 nitrogen and oxygen atoms in total.